The van der Waals surface area contributed by atoms with Gasteiger partial charge >= 0.3 is 0 Å². The highest BCUT2D eigenvalue weighted by atomic mass is 28.1. The zero-order valence-electron chi connectivity index (χ0n) is 3.90. The average Bonchev–Trinajstić information content (AvgIpc) is 1.35. The van der Waals surface area contributed by atoms with Crippen LogP contribution in [0.5, 0.6) is 0 Å². The molecule has 0 aliphatic carbocycles. The van der Waals surface area contributed by atoms with Crippen molar-refractivity contribution in [3.8, 4) is 0 Å². The molecule has 0 amide bonds. The lowest BCUT2D eigenvalue weighted by Gasteiger charge is -1.90. The average molecular weight is 100 g/mol. The predicted octanol–water partition coefficient (Wildman–Crippen LogP) is -0.0169. The van der Waals surface area contributed by atoms with Gasteiger partial charge in [0.2, 0.25) is 0 Å². The van der Waals surface area contributed by atoms with Crippen LogP contribution < -0.4 is 0 Å². The summed E-state index contributed by atoms with van der Waals surface area (Å²) in [5.41, 5.74) is 0. The van der Waals surface area contributed by atoms with E-state index in [1.807, 2.05) is 0 Å². The SMILES string of the molecule is C=COC(=C)[SiH3]. The maximum absolute atomic E-state index is 4.67. The molecule has 0 radical (unpaired) electrons. The van der Waals surface area contributed by atoms with Crippen molar-refractivity contribution in [2.45, 2.75) is 0 Å². The molecule has 0 saturated heterocycles. The number of ether oxygens (including phenoxy) is 1. The molecule has 0 aliphatic heterocycles. The van der Waals surface area contributed by atoms with E-state index in [1.54, 1.807) is 0 Å². The fraction of sp³-hybridized carbons (Fsp3) is 0. The van der Waals surface area contributed by atoms with E-state index in [4.69, 9.17) is 0 Å². The normalized spacial score (nSPS) is 7.33. The minimum atomic E-state index is 0.810. The van der Waals surface area contributed by atoms with Gasteiger partial charge in [-0.05, 0) is 0 Å². The van der Waals surface area contributed by atoms with Gasteiger partial charge in [0.25, 0.3) is 0 Å². The standard InChI is InChI=1S/C4H8OSi/c1-3-5-4(2)6/h3H,1-2H2,6H3. The van der Waals surface area contributed by atoms with Gasteiger partial charge in [0.05, 0.1) is 21.9 Å². The molecule has 0 aliphatic rings. The second kappa shape index (κ2) is 2.72. The van der Waals surface area contributed by atoms with E-state index in [-0.39, 0.29) is 0 Å². The Morgan fingerprint density at radius 2 is 2.33 bits per heavy atom. The van der Waals surface area contributed by atoms with Crippen LogP contribution in [0.2, 0.25) is 0 Å². The molecule has 0 aromatic heterocycles. The van der Waals surface area contributed by atoms with Crippen LogP contribution in [0.25, 0.3) is 0 Å². The van der Waals surface area contributed by atoms with Gasteiger partial charge < -0.3 is 4.74 Å². The Bertz CT molecular complexity index is 67.9. The molecule has 0 saturated carbocycles. The van der Waals surface area contributed by atoms with E-state index in [0.717, 1.165) is 15.6 Å². The van der Waals surface area contributed by atoms with E-state index in [9.17, 15) is 0 Å². The van der Waals surface area contributed by atoms with Gasteiger partial charge in [0.15, 0.2) is 0 Å². The first-order valence-electron chi connectivity index (χ1n) is 1.70. The van der Waals surface area contributed by atoms with Gasteiger partial charge in [-0.15, -0.1) is 0 Å². The minimum Gasteiger partial charge on any atom is -0.477 e. The van der Waals surface area contributed by atoms with Crippen molar-refractivity contribution in [3.05, 3.63) is 24.8 Å². The van der Waals surface area contributed by atoms with E-state index in [2.05, 4.69) is 17.9 Å². The molecule has 0 heterocycles. The highest BCUT2D eigenvalue weighted by Crippen LogP contribution is 1.81. The fourth-order valence-corrected chi connectivity index (χ4v) is 0.309. The minimum absolute atomic E-state index is 0.810. The quantitative estimate of drug-likeness (QED) is 0.350. The second-order valence-corrected chi connectivity index (χ2v) is 2.10. The molecule has 0 unspecified atom stereocenters. The molecule has 0 aromatic carbocycles. The summed E-state index contributed by atoms with van der Waals surface area (Å²) in [6.07, 6.45) is 1.38. The largest absolute Gasteiger partial charge is 0.477 e. The summed E-state index contributed by atoms with van der Waals surface area (Å²) >= 11 is 0. The summed E-state index contributed by atoms with van der Waals surface area (Å²) in [5, 5.41) is 0.810. The van der Waals surface area contributed by atoms with Crippen molar-refractivity contribution in [2.75, 3.05) is 0 Å². The molecule has 0 rings (SSSR count). The molecule has 0 N–H and O–H groups in total. The Kier molecular flexibility index (Phi) is 2.49. The first-order chi connectivity index (χ1) is 2.77. The van der Waals surface area contributed by atoms with E-state index < -0.39 is 0 Å². The summed E-state index contributed by atoms with van der Waals surface area (Å²) in [7, 11) is 0.891. The van der Waals surface area contributed by atoms with Gasteiger partial charge in [0, 0.05) is 0 Å². The molecule has 2 heteroatoms. The zero-order valence-corrected chi connectivity index (χ0v) is 5.90. The fourth-order valence-electron chi connectivity index (χ4n) is 0.142. The lowest BCUT2D eigenvalue weighted by Crippen LogP contribution is -1.76. The van der Waals surface area contributed by atoms with Gasteiger partial charge in [-0.1, -0.05) is 13.2 Å². The van der Waals surface area contributed by atoms with Crippen LogP contribution in [0.15, 0.2) is 24.8 Å². The van der Waals surface area contributed by atoms with Crippen LogP contribution in [-0.2, 0) is 4.74 Å². The first-order valence-corrected chi connectivity index (χ1v) is 2.70. The van der Waals surface area contributed by atoms with Crippen LogP contribution in [0.3, 0.4) is 0 Å². The van der Waals surface area contributed by atoms with E-state index in [0.29, 0.717) is 0 Å². The summed E-state index contributed by atoms with van der Waals surface area (Å²) in [4.78, 5) is 0. The molecule has 0 aromatic rings. The molecule has 0 fully saturated rings. The smallest absolute Gasteiger partial charge is 0.0833 e. The molecule has 0 atom stereocenters. The van der Waals surface area contributed by atoms with Crippen LogP contribution in [0.1, 0.15) is 0 Å². The molecule has 34 valence electrons. The number of hydrogen-bond acceptors (Lipinski definition) is 1. The molecule has 6 heavy (non-hydrogen) atoms. The molecular weight excluding hydrogens is 92.1 g/mol. The monoisotopic (exact) mass is 100 g/mol. The van der Waals surface area contributed by atoms with Crippen molar-refractivity contribution in [1.29, 1.82) is 0 Å². The van der Waals surface area contributed by atoms with E-state index >= 15 is 0 Å². The van der Waals surface area contributed by atoms with Gasteiger partial charge in [-0.3, -0.25) is 0 Å². The Morgan fingerprint density at radius 3 is 2.33 bits per heavy atom. The summed E-state index contributed by atoms with van der Waals surface area (Å²) in [6.45, 7) is 6.85. The van der Waals surface area contributed by atoms with Gasteiger partial charge in [-0.25, -0.2) is 0 Å². The predicted molar refractivity (Wildman–Crippen MR) is 30.4 cm³/mol. The Hall–Kier alpha value is -0.503. The van der Waals surface area contributed by atoms with Crippen molar-refractivity contribution in [3.63, 3.8) is 0 Å². The number of rotatable bonds is 2. The summed E-state index contributed by atoms with van der Waals surface area (Å²) in [5.74, 6) is 0. The van der Waals surface area contributed by atoms with Crippen LogP contribution in [0, 0.1) is 0 Å². The van der Waals surface area contributed by atoms with Crippen molar-refractivity contribution in [1.82, 2.24) is 0 Å². The molecule has 0 bridgehead atoms. The highest BCUT2D eigenvalue weighted by Gasteiger charge is 1.69. The molecule has 0 spiro atoms. The van der Waals surface area contributed by atoms with Crippen LogP contribution >= 0.6 is 0 Å². The van der Waals surface area contributed by atoms with Crippen molar-refractivity contribution < 1.29 is 4.74 Å². The van der Waals surface area contributed by atoms with Gasteiger partial charge in [0.1, 0.15) is 0 Å². The maximum Gasteiger partial charge on any atom is 0.0833 e. The Morgan fingerprint density at radius 1 is 1.83 bits per heavy atom. The highest BCUT2D eigenvalue weighted by molar-refractivity contribution is 6.19. The maximum atomic E-state index is 4.67. The van der Waals surface area contributed by atoms with Gasteiger partial charge in [-0.2, -0.15) is 0 Å². The third-order valence-electron chi connectivity index (χ3n) is 0.285. The Balaban J connectivity index is 3.05. The third-order valence-corrected chi connectivity index (χ3v) is 0.520. The first kappa shape index (κ1) is 5.50. The Labute approximate surface area is 40.7 Å². The molecule has 1 nitrogen and oxygen atoms in total. The lowest BCUT2D eigenvalue weighted by molar-refractivity contribution is 0.388. The summed E-state index contributed by atoms with van der Waals surface area (Å²) < 4.78 is 4.67. The zero-order chi connectivity index (χ0) is 4.99. The summed E-state index contributed by atoms with van der Waals surface area (Å²) in [6, 6.07) is 0. The van der Waals surface area contributed by atoms with Crippen LogP contribution in [0.4, 0.5) is 0 Å². The van der Waals surface area contributed by atoms with E-state index in [1.165, 1.54) is 6.26 Å². The van der Waals surface area contributed by atoms with Crippen LogP contribution in [-0.4, -0.2) is 10.2 Å². The topological polar surface area (TPSA) is 9.23 Å². The van der Waals surface area contributed by atoms with Crippen molar-refractivity contribution >= 4 is 10.2 Å². The second-order valence-electron chi connectivity index (χ2n) is 0.987. The number of hydrogen-bond donors (Lipinski definition) is 0. The third kappa shape index (κ3) is 3.50. The van der Waals surface area contributed by atoms with Crippen molar-refractivity contribution in [2.24, 2.45) is 0 Å². The lowest BCUT2D eigenvalue weighted by atomic mass is 11.1. The molecular formula is C4H8OSi.